The van der Waals surface area contributed by atoms with Gasteiger partial charge in [-0.1, -0.05) is 18.2 Å². The molecule has 5 nitrogen and oxygen atoms in total. The summed E-state index contributed by atoms with van der Waals surface area (Å²) in [6.07, 6.45) is -3.77. The Bertz CT molecular complexity index is 719. The number of nitrogens with one attached hydrogen (secondary N) is 1. The van der Waals surface area contributed by atoms with Gasteiger partial charge in [0.15, 0.2) is 0 Å². The number of carbonyl (C=O) groups excluding carboxylic acids is 1. The molecule has 2 N–H and O–H groups in total. The second-order valence-corrected chi connectivity index (χ2v) is 4.82. The van der Waals surface area contributed by atoms with Crippen molar-refractivity contribution in [2.24, 2.45) is 0 Å². The van der Waals surface area contributed by atoms with Gasteiger partial charge in [-0.25, -0.2) is 13.6 Å². The summed E-state index contributed by atoms with van der Waals surface area (Å²) in [5, 5.41) is 11.7. The second kappa shape index (κ2) is 6.46. The molecule has 2 rings (SSSR count). The molecule has 1 amide bonds. The zero-order valence-corrected chi connectivity index (χ0v) is 11.7. The monoisotopic (exact) mass is 308 g/mol. The lowest BCUT2D eigenvalue weighted by molar-refractivity contribution is -0.140. The van der Waals surface area contributed by atoms with Crippen molar-refractivity contribution in [3.63, 3.8) is 0 Å². The highest BCUT2D eigenvalue weighted by molar-refractivity contribution is 6.06. The number of benzene rings is 1. The minimum atomic E-state index is -2.82. The number of rotatable bonds is 5. The Hall–Kier alpha value is -2.57. The van der Waals surface area contributed by atoms with Gasteiger partial charge in [-0.3, -0.25) is 9.78 Å². The molecule has 1 atom stereocenters. The number of aliphatic carboxylic acids is 1. The van der Waals surface area contributed by atoms with Crippen molar-refractivity contribution >= 4 is 22.8 Å². The third kappa shape index (κ3) is 3.55. The SMILES string of the molecule is Cc1ccc2cccc(C(=O)NC(CC(F)F)C(=O)O)c2n1. The summed E-state index contributed by atoms with van der Waals surface area (Å²) in [7, 11) is 0. The van der Waals surface area contributed by atoms with Gasteiger partial charge in [0.25, 0.3) is 5.91 Å². The van der Waals surface area contributed by atoms with E-state index in [9.17, 15) is 18.4 Å². The van der Waals surface area contributed by atoms with Crippen LogP contribution in [-0.2, 0) is 4.79 Å². The molecule has 0 spiro atoms. The van der Waals surface area contributed by atoms with E-state index in [4.69, 9.17) is 5.11 Å². The van der Waals surface area contributed by atoms with Gasteiger partial charge in [0.2, 0.25) is 6.43 Å². The number of aryl methyl sites for hydroxylation is 1. The number of carboxylic acids is 1. The van der Waals surface area contributed by atoms with E-state index in [0.29, 0.717) is 16.6 Å². The molecule has 0 aliphatic heterocycles. The predicted octanol–water partition coefficient (Wildman–Crippen LogP) is 2.38. The number of amides is 1. The number of alkyl halides is 2. The first-order valence-corrected chi connectivity index (χ1v) is 6.56. The van der Waals surface area contributed by atoms with Crippen LogP contribution >= 0.6 is 0 Å². The average molecular weight is 308 g/mol. The van der Waals surface area contributed by atoms with Crippen molar-refractivity contribution in [3.8, 4) is 0 Å². The summed E-state index contributed by atoms with van der Waals surface area (Å²) in [5.74, 6) is -2.24. The molecule has 0 saturated heterocycles. The van der Waals surface area contributed by atoms with E-state index < -0.39 is 30.8 Å². The van der Waals surface area contributed by atoms with E-state index in [2.05, 4.69) is 10.3 Å². The van der Waals surface area contributed by atoms with Crippen LogP contribution in [0.5, 0.6) is 0 Å². The number of halogens is 2. The summed E-state index contributed by atoms with van der Waals surface area (Å²) >= 11 is 0. The Morgan fingerprint density at radius 3 is 2.64 bits per heavy atom. The third-order valence-corrected chi connectivity index (χ3v) is 3.12. The Morgan fingerprint density at radius 1 is 1.27 bits per heavy atom. The molecule has 7 heteroatoms. The van der Waals surface area contributed by atoms with Crippen LogP contribution in [0.1, 0.15) is 22.5 Å². The number of nitrogens with zero attached hydrogens (tertiary/aromatic N) is 1. The lowest BCUT2D eigenvalue weighted by atomic mass is 10.1. The summed E-state index contributed by atoms with van der Waals surface area (Å²) < 4.78 is 24.8. The number of hydrogen-bond donors (Lipinski definition) is 2. The molecule has 0 bridgehead atoms. The molecule has 0 aliphatic rings. The highest BCUT2D eigenvalue weighted by Gasteiger charge is 2.25. The van der Waals surface area contributed by atoms with Gasteiger partial charge in [-0.15, -0.1) is 0 Å². The number of para-hydroxylation sites is 1. The Morgan fingerprint density at radius 2 is 2.00 bits per heavy atom. The summed E-state index contributed by atoms with van der Waals surface area (Å²) in [5.41, 5.74) is 1.25. The quantitative estimate of drug-likeness (QED) is 0.889. The van der Waals surface area contributed by atoms with Crippen molar-refractivity contribution in [2.75, 3.05) is 0 Å². The van der Waals surface area contributed by atoms with E-state index in [1.54, 1.807) is 31.2 Å². The molecule has 0 fully saturated rings. The van der Waals surface area contributed by atoms with Crippen molar-refractivity contribution in [2.45, 2.75) is 25.8 Å². The standard InChI is InChI=1S/C15H14F2N2O3/c1-8-5-6-9-3-2-4-10(13(9)18-8)14(20)19-11(15(21)22)7-12(16)17/h2-6,11-12H,7H2,1H3,(H,19,20)(H,21,22). The number of hydrogen-bond acceptors (Lipinski definition) is 3. The molecule has 1 heterocycles. The Labute approximate surface area is 125 Å². The first-order chi connectivity index (χ1) is 10.4. The fourth-order valence-corrected chi connectivity index (χ4v) is 2.06. The molecule has 1 aromatic carbocycles. The van der Waals surface area contributed by atoms with Crippen LogP contribution in [0.4, 0.5) is 8.78 Å². The maximum Gasteiger partial charge on any atom is 0.326 e. The molecule has 22 heavy (non-hydrogen) atoms. The zero-order chi connectivity index (χ0) is 16.3. The number of carbonyl (C=O) groups is 2. The molecular formula is C15H14F2N2O3. The van der Waals surface area contributed by atoms with Gasteiger partial charge in [-0.2, -0.15) is 0 Å². The van der Waals surface area contributed by atoms with Gasteiger partial charge in [0.1, 0.15) is 6.04 Å². The largest absolute Gasteiger partial charge is 0.480 e. The van der Waals surface area contributed by atoms with Crippen LogP contribution in [0.25, 0.3) is 10.9 Å². The van der Waals surface area contributed by atoms with Crippen molar-refractivity contribution in [3.05, 3.63) is 41.6 Å². The van der Waals surface area contributed by atoms with Crippen molar-refractivity contribution in [1.82, 2.24) is 10.3 Å². The number of aromatic nitrogens is 1. The van der Waals surface area contributed by atoms with Crippen LogP contribution in [0, 0.1) is 6.92 Å². The molecule has 1 unspecified atom stereocenters. The van der Waals surface area contributed by atoms with Crippen molar-refractivity contribution in [1.29, 1.82) is 0 Å². The smallest absolute Gasteiger partial charge is 0.326 e. The molecule has 2 aromatic rings. The summed E-state index contributed by atoms with van der Waals surface area (Å²) in [6.45, 7) is 1.75. The van der Waals surface area contributed by atoms with Crippen LogP contribution in [0.3, 0.4) is 0 Å². The number of fused-ring (bicyclic) bond motifs is 1. The van der Waals surface area contributed by atoms with Crippen LogP contribution in [-0.4, -0.2) is 34.4 Å². The zero-order valence-electron chi connectivity index (χ0n) is 11.7. The van der Waals surface area contributed by atoms with Gasteiger partial charge in [-0.05, 0) is 19.1 Å². The van der Waals surface area contributed by atoms with E-state index >= 15 is 0 Å². The van der Waals surface area contributed by atoms with Gasteiger partial charge >= 0.3 is 5.97 Å². The first kappa shape index (κ1) is 15.8. The average Bonchev–Trinajstić information content (AvgIpc) is 2.45. The lowest BCUT2D eigenvalue weighted by Crippen LogP contribution is -2.42. The Balaban J connectivity index is 2.33. The summed E-state index contributed by atoms with van der Waals surface area (Å²) in [6, 6.07) is 6.77. The maximum absolute atomic E-state index is 12.4. The second-order valence-electron chi connectivity index (χ2n) is 4.82. The first-order valence-electron chi connectivity index (χ1n) is 6.56. The van der Waals surface area contributed by atoms with Crippen LogP contribution in [0.2, 0.25) is 0 Å². The normalized spacial score (nSPS) is 12.4. The molecule has 116 valence electrons. The highest BCUT2D eigenvalue weighted by Crippen LogP contribution is 2.17. The fraction of sp³-hybridized carbons (Fsp3) is 0.267. The predicted molar refractivity (Wildman–Crippen MR) is 76.0 cm³/mol. The molecule has 0 radical (unpaired) electrons. The Kier molecular flexibility index (Phi) is 4.65. The minimum Gasteiger partial charge on any atom is -0.480 e. The maximum atomic E-state index is 12.4. The highest BCUT2D eigenvalue weighted by atomic mass is 19.3. The van der Waals surface area contributed by atoms with Gasteiger partial charge in [0.05, 0.1) is 11.1 Å². The van der Waals surface area contributed by atoms with Crippen LogP contribution in [0.15, 0.2) is 30.3 Å². The molecule has 0 saturated carbocycles. The third-order valence-electron chi connectivity index (χ3n) is 3.12. The van der Waals surface area contributed by atoms with Gasteiger partial charge in [0, 0.05) is 17.5 Å². The molecule has 0 aliphatic carbocycles. The van der Waals surface area contributed by atoms with E-state index in [1.807, 2.05) is 0 Å². The summed E-state index contributed by atoms with van der Waals surface area (Å²) in [4.78, 5) is 27.4. The molecule has 1 aromatic heterocycles. The number of carboxylic acid groups (broad SMARTS) is 1. The van der Waals surface area contributed by atoms with E-state index in [0.717, 1.165) is 0 Å². The molecular weight excluding hydrogens is 294 g/mol. The van der Waals surface area contributed by atoms with Crippen molar-refractivity contribution < 1.29 is 23.5 Å². The minimum absolute atomic E-state index is 0.154. The lowest BCUT2D eigenvalue weighted by Gasteiger charge is -2.14. The van der Waals surface area contributed by atoms with E-state index in [1.165, 1.54) is 6.07 Å². The fourth-order valence-electron chi connectivity index (χ4n) is 2.06. The topological polar surface area (TPSA) is 79.3 Å². The van der Waals surface area contributed by atoms with E-state index in [-0.39, 0.29) is 5.56 Å². The van der Waals surface area contributed by atoms with Gasteiger partial charge < -0.3 is 10.4 Å². The number of pyridine rings is 1. The van der Waals surface area contributed by atoms with Crippen LogP contribution < -0.4 is 5.32 Å².